The first kappa shape index (κ1) is 15.9. The first-order valence-electron chi connectivity index (χ1n) is 7.17. The Balaban J connectivity index is 1.67. The van der Waals surface area contributed by atoms with Crippen molar-refractivity contribution >= 4 is 29.3 Å². The second-order valence-corrected chi connectivity index (χ2v) is 5.39. The number of hydrogen-bond acceptors (Lipinski definition) is 6. The van der Waals surface area contributed by atoms with Crippen molar-refractivity contribution in [1.29, 1.82) is 0 Å². The van der Waals surface area contributed by atoms with Gasteiger partial charge in [0.05, 0.1) is 0 Å². The minimum atomic E-state index is -0.322. The lowest BCUT2D eigenvalue weighted by atomic mass is 10.2. The standard InChI is InChI=1S/C16H14ClN5O2/c1-10-8-14(22-24-10)21-16-18-7-6-13(20-16)15(23)19-9-11-4-2-3-5-12(11)17/h2-8H,9H2,1H3,(H,19,23)(H,18,20,21,22). The number of amides is 1. The van der Waals surface area contributed by atoms with Crippen LogP contribution in [0.1, 0.15) is 21.8 Å². The molecule has 24 heavy (non-hydrogen) atoms. The Kier molecular flexibility index (Phi) is 4.72. The van der Waals surface area contributed by atoms with Crippen molar-refractivity contribution in [3.63, 3.8) is 0 Å². The van der Waals surface area contributed by atoms with E-state index < -0.39 is 0 Å². The fourth-order valence-corrected chi connectivity index (χ4v) is 2.20. The summed E-state index contributed by atoms with van der Waals surface area (Å²) < 4.78 is 4.95. The predicted octanol–water partition coefficient (Wildman–Crippen LogP) is 3.10. The number of anilines is 2. The maximum atomic E-state index is 12.2. The van der Waals surface area contributed by atoms with Crippen LogP contribution in [0.25, 0.3) is 0 Å². The molecule has 0 spiro atoms. The largest absolute Gasteiger partial charge is 0.360 e. The highest BCUT2D eigenvalue weighted by molar-refractivity contribution is 6.31. The number of benzene rings is 1. The van der Waals surface area contributed by atoms with Crippen molar-refractivity contribution in [1.82, 2.24) is 20.4 Å². The summed E-state index contributed by atoms with van der Waals surface area (Å²) in [7, 11) is 0. The molecule has 0 bridgehead atoms. The number of rotatable bonds is 5. The average Bonchev–Trinajstić information content (AvgIpc) is 2.99. The summed E-state index contributed by atoms with van der Waals surface area (Å²) in [5.41, 5.74) is 1.07. The summed E-state index contributed by atoms with van der Waals surface area (Å²) >= 11 is 6.07. The van der Waals surface area contributed by atoms with Crippen LogP contribution in [0, 0.1) is 6.92 Å². The molecular weight excluding hydrogens is 330 g/mol. The summed E-state index contributed by atoms with van der Waals surface area (Å²) in [6.45, 7) is 2.09. The molecule has 0 unspecified atom stereocenters. The number of carbonyl (C=O) groups is 1. The Morgan fingerprint density at radius 2 is 2.12 bits per heavy atom. The molecular formula is C16H14ClN5O2. The van der Waals surface area contributed by atoms with Crippen LogP contribution >= 0.6 is 11.6 Å². The van der Waals surface area contributed by atoms with Crippen molar-refractivity contribution in [3.8, 4) is 0 Å². The zero-order valence-electron chi connectivity index (χ0n) is 12.8. The Labute approximate surface area is 143 Å². The lowest BCUT2D eigenvalue weighted by Crippen LogP contribution is -2.24. The number of carbonyl (C=O) groups excluding carboxylic acids is 1. The topological polar surface area (TPSA) is 92.9 Å². The van der Waals surface area contributed by atoms with Gasteiger partial charge in [0.15, 0.2) is 5.82 Å². The molecule has 8 heteroatoms. The van der Waals surface area contributed by atoms with Crippen molar-refractivity contribution in [2.24, 2.45) is 0 Å². The van der Waals surface area contributed by atoms with Gasteiger partial charge in [-0.2, -0.15) is 0 Å². The quantitative estimate of drug-likeness (QED) is 0.739. The second kappa shape index (κ2) is 7.10. The molecule has 1 amide bonds. The normalized spacial score (nSPS) is 10.4. The minimum absolute atomic E-state index is 0.236. The maximum Gasteiger partial charge on any atom is 0.270 e. The molecule has 0 aliphatic carbocycles. The van der Waals surface area contributed by atoms with Crippen LogP contribution in [-0.2, 0) is 6.54 Å². The van der Waals surface area contributed by atoms with Crippen LogP contribution < -0.4 is 10.6 Å². The highest BCUT2D eigenvalue weighted by Crippen LogP contribution is 2.15. The monoisotopic (exact) mass is 343 g/mol. The molecule has 1 aromatic carbocycles. The van der Waals surface area contributed by atoms with E-state index in [0.717, 1.165) is 5.56 Å². The van der Waals surface area contributed by atoms with E-state index in [1.807, 2.05) is 18.2 Å². The summed E-state index contributed by atoms with van der Waals surface area (Å²) in [5.74, 6) is 1.07. The van der Waals surface area contributed by atoms with Gasteiger partial charge in [-0.05, 0) is 24.6 Å². The maximum absolute atomic E-state index is 12.2. The average molecular weight is 344 g/mol. The molecule has 0 saturated heterocycles. The summed E-state index contributed by atoms with van der Waals surface area (Å²) in [6, 6.07) is 10.6. The van der Waals surface area contributed by atoms with E-state index in [0.29, 0.717) is 23.1 Å². The lowest BCUT2D eigenvalue weighted by Gasteiger charge is -2.07. The third kappa shape index (κ3) is 3.88. The van der Waals surface area contributed by atoms with Crippen LogP contribution in [-0.4, -0.2) is 21.0 Å². The highest BCUT2D eigenvalue weighted by Gasteiger charge is 2.10. The van der Waals surface area contributed by atoms with Gasteiger partial charge >= 0.3 is 0 Å². The fourth-order valence-electron chi connectivity index (χ4n) is 1.99. The van der Waals surface area contributed by atoms with Crippen LogP contribution in [0.2, 0.25) is 5.02 Å². The minimum Gasteiger partial charge on any atom is -0.360 e. The molecule has 122 valence electrons. The van der Waals surface area contributed by atoms with Crippen molar-refractivity contribution in [3.05, 3.63) is 64.6 Å². The Morgan fingerprint density at radius 3 is 2.88 bits per heavy atom. The van der Waals surface area contributed by atoms with Crippen molar-refractivity contribution in [2.45, 2.75) is 13.5 Å². The van der Waals surface area contributed by atoms with Gasteiger partial charge in [0.25, 0.3) is 5.91 Å². The molecule has 3 aromatic rings. The van der Waals surface area contributed by atoms with Gasteiger partial charge in [0.2, 0.25) is 5.95 Å². The Bertz CT molecular complexity index is 865. The van der Waals surface area contributed by atoms with Gasteiger partial charge in [0.1, 0.15) is 11.5 Å². The Hall–Kier alpha value is -2.93. The molecule has 0 fully saturated rings. The van der Waals surface area contributed by atoms with E-state index in [1.165, 1.54) is 12.3 Å². The van der Waals surface area contributed by atoms with E-state index in [1.54, 1.807) is 19.1 Å². The molecule has 0 radical (unpaired) electrons. The fraction of sp³-hybridized carbons (Fsp3) is 0.125. The summed E-state index contributed by atoms with van der Waals surface area (Å²) in [5, 5.41) is 10.0. The van der Waals surface area contributed by atoms with E-state index >= 15 is 0 Å². The predicted molar refractivity (Wildman–Crippen MR) is 89.2 cm³/mol. The molecule has 0 atom stereocenters. The van der Waals surface area contributed by atoms with E-state index in [-0.39, 0.29) is 17.5 Å². The van der Waals surface area contributed by atoms with E-state index in [2.05, 4.69) is 25.8 Å². The molecule has 2 aromatic heterocycles. The zero-order valence-corrected chi connectivity index (χ0v) is 13.5. The first-order chi connectivity index (χ1) is 11.6. The molecule has 3 rings (SSSR count). The van der Waals surface area contributed by atoms with Crippen LogP contribution in [0.15, 0.2) is 47.1 Å². The van der Waals surface area contributed by atoms with Gasteiger partial charge in [-0.15, -0.1) is 0 Å². The highest BCUT2D eigenvalue weighted by atomic mass is 35.5. The zero-order chi connectivity index (χ0) is 16.9. The van der Waals surface area contributed by atoms with Crippen LogP contribution in [0.4, 0.5) is 11.8 Å². The van der Waals surface area contributed by atoms with Crippen molar-refractivity contribution < 1.29 is 9.32 Å². The van der Waals surface area contributed by atoms with Gasteiger partial charge in [0, 0.05) is 23.8 Å². The van der Waals surface area contributed by atoms with Crippen LogP contribution in [0.3, 0.4) is 0 Å². The molecule has 2 heterocycles. The van der Waals surface area contributed by atoms with E-state index in [4.69, 9.17) is 16.1 Å². The number of nitrogens with zero attached hydrogens (tertiary/aromatic N) is 3. The summed E-state index contributed by atoms with van der Waals surface area (Å²) in [6.07, 6.45) is 1.49. The number of halogens is 1. The van der Waals surface area contributed by atoms with Gasteiger partial charge in [-0.3, -0.25) is 4.79 Å². The SMILES string of the molecule is Cc1cc(Nc2nccc(C(=O)NCc3ccccc3Cl)n2)no1. The van der Waals surface area contributed by atoms with Crippen molar-refractivity contribution in [2.75, 3.05) is 5.32 Å². The molecule has 7 nitrogen and oxygen atoms in total. The number of nitrogens with one attached hydrogen (secondary N) is 2. The van der Waals surface area contributed by atoms with Gasteiger partial charge in [-0.25, -0.2) is 9.97 Å². The smallest absolute Gasteiger partial charge is 0.270 e. The number of aromatic nitrogens is 3. The Morgan fingerprint density at radius 1 is 1.29 bits per heavy atom. The van der Waals surface area contributed by atoms with Gasteiger partial charge in [-0.1, -0.05) is 35.0 Å². The lowest BCUT2D eigenvalue weighted by molar-refractivity contribution is 0.0946. The third-order valence-corrected chi connectivity index (χ3v) is 3.52. The van der Waals surface area contributed by atoms with Crippen LogP contribution in [0.5, 0.6) is 0 Å². The molecule has 0 aliphatic rings. The molecule has 0 saturated carbocycles. The number of hydrogen-bond donors (Lipinski definition) is 2. The second-order valence-electron chi connectivity index (χ2n) is 4.99. The first-order valence-corrected chi connectivity index (χ1v) is 7.54. The molecule has 0 aliphatic heterocycles. The number of aryl methyl sites for hydroxylation is 1. The van der Waals surface area contributed by atoms with E-state index in [9.17, 15) is 4.79 Å². The third-order valence-electron chi connectivity index (χ3n) is 3.15. The summed E-state index contributed by atoms with van der Waals surface area (Å²) in [4.78, 5) is 20.4. The molecule has 2 N–H and O–H groups in total. The van der Waals surface area contributed by atoms with Gasteiger partial charge < -0.3 is 15.2 Å².